The van der Waals surface area contributed by atoms with E-state index in [1.165, 1.54) is 89.9 Å². The Kier molecular flexibility index (Phi) is 16.6. The van der Waals surface area contributed by atoms with E-state index in [-0.39, 0.29) is 12.1 Å². The van der Waals surface area contributed by atoms with Crippen LogP contribution >= 0.6 is 0 Å². The second kappa shape index (κ2) is 20.1. The highest BCUT2D eigenvalue weighted by molar-refractivity contribution is 5.69. The van der Waals surface area contributed by atoms with Crippen LogP contribution in [0.5, 0.6) is 0 Å². The van der Waals surface area contributed by atoms with Crippen molar-refractivity contribution in [3.8, 4) is 0 Å². The Balaban J connectivity index is 1.13. The van der Waals surface area contributed by atoms with Crippen molar-refractivity contribution >= 4 is 5.97 Å². The fraction of sp³-hybridized carbons (Fsp3) is 0.851. The zero-order valence-electron chi connectivity index (χ0n) is 33.5. The molecule has 2 nitrogen and oxygen atoms in total. The van der Waals surface area contributed by atoms with Crippen molar-refractivity contribution in [2.24, 2.45) is 58.2 Å². The van der Waals surface area contributed by atoms with Crippen LogP contribution in [0.1, 0.15) is 190 Å². The van der Waals surface area contributed by atoms with Gasteiger partial charge in [-0.15, -0.1) is 0 Å². The largest absolute Gasteiger partial charge is 0.462 e. The molecule has 0 aromatic rings. The summed E-state index contributed by atoms with van der Waals surface area (Å²) in [7, 11) is 0. The Morgan fingerprint density at radius 1 is 0.735 bits per heavy atom. The number of carbonyl (C=O) groups excluding carboxylic acids is 1. The van der Waals surface area contributed by atoms with Crippen molar-refractivity contribution in [1.29, 1.82) is 0 Å². The minimum atomic E-state index is 0.0710. The molecule has 4 aliphatic carbocycles. The molecule has 0 amide bonds. The van der Waals surface area contributed by atoms with Gasteiger partial charge >= 0.3 is 5.97 Å². The molecule has 10 atom stereocenters. The van der Waals surface area contributed by atoms with E-state index < -0.39 is 0 Å². The lowest BCUT2D eigenvalue weighted by atomic mass is 9.44. The minimum absolute atomic E-state index is 0.0710. The van der Waals surface area contributed by atoms with Crippen molar-refractivity contribution in [2.45, 2.75) is 196 Å². The number of unbranched alkanes of at least 4 members (excludes halogenated alkanes) is 5. The topological polar surface area (TPSA) is 26.3 Å². The zero-order valence-corrected chi connectivity index (χ0v) is 33.5. The van der Waals surface area contributed by atoms with Crippen LogP contribution in [0.15, 0.2) is 36.5 Å². The van der Waals surface area contributed by atoms with E-state index in [0.29, 0.717) is 17.3 Å². The van der Waals surface area contributed by atoms with Gasteiger partial charge in [-0.05, 0) is 161 Å². The van der Waals surface area contributed by atoms with E-state index in [0.717, 1.165) is 92.3 Å². The van der Waals surface area contributed by atoms with E-state index in [2.05, 4.69) is 84.9 Å². The Hall–Kier alpha value is -1.31. The highest BCUT2D eigenvalue weighted by atomic mass is 16.5. The Labute approximate surface area is 305 Å². The van der Waals surface area contributed by atoms with Crippen LogP contribution in [-0.2, 0) is 9.53 Å². The van der Waals surface area contributed by atoms with Crippen molar-refractivity contribution < 1.29 is 9.53 Å². The third kappa shape index (κ3) is 10.9. The van der Waals surface area contributed by atoms with Gasteiger partial charge in [0.2, 0.25) is 0 Å². The molecular formula is C47H80O2. The molecule has 0 radical (unpaired) electrons. The number of allylic oxidation sites excluding steroid dienone is 6. The third-order valence-corrected chi connectivity index (χ3v) is 15.2. The summed E-state index contributed by atoms with van der Waals surface area (Å²) in [6.45, 7) is 17.5. The van der Waals surface area contributed by atoms with Gasteiger partial charge in [-0.1, -0.05) is 117 Å². The summed E-state index contributed by atoms with van der Waals surface area (Å²) in [5.74, 6) is 7.12. The molecule has 0 aromatic heterocycles. The first-order valence-electron chi connectivity index (χ1n) is 21.8. The molecule has 0 heterocycles. The van der Waals surface area contributed by atoms with Crippen molar-refractivity contribution in [1.82, 2.24) is 0 Å². The first-order valence-corrected chi connectivity index (χ1v) is 21.8. The number of hydrogen-bond acceptors (Lipinski definition) is 2. The highest BCUT2D eigenvalue weighted by Gasteiger charge is 2.60. The summed E-state index contributed by atoms with van der Waals surface area (Å²) in [4.78, 5) is 12.9. The van der Waals surface area contributed by atoms with Crippen LogP contribution in [0.2, 0.25) is 0 Å². The van der Waals surface area contributed by atoms with Crippen LogP contribution in [0.4, 0.5) is 0 Å². The maximum Gasteiger partial charge on any atom is 0.306 e. The molecule has 4 aliphatic rings. The van der Waals surface area contributed by atoms with Crippen LogP contribution in [0, 0.1) is 58.2 Å². The molecule has 4 rings (SSSR count). The number of hydrogen-bond donors (Lipinski definition) is 0. The second-order valence-electron chi connectivity index (χ2n) is 18.3. The molecule has 0 saturated heterocycles. The second-order valence-corrected chi connectivity index (χ2v) is 18.3. The van der Waals surface area contributed by atoms with Gasteiger partial charge in [0.1, 0.15) is 6.10 Å². The highest BCUT2D eigenvalue weighted by Crippen LogP contribution is 2.68. The third-order valence-electron chi connectivity index (χ3n) is 15.2. The summed E-state index contributed by atoms with van der Waals surface area (Å²) >= 11 is 0. The molecular weight excluding hydrogens is 597 g/mol. The molecule has 0 bridgehead atoms. The minimum Gasteiger partial charge on any atom is -0.462 e. The predicted octanol–water partition coefficient (Wildman–Crippen LogP) is 14.2. The number of esters is 1. The van der Waals surface area contributed by atoms with Gasteiger partial charge in [-0.25, -0.2) is 0 Å². The molecule has 0 aliphatic heterocycles. The van der Waals surface area contributed by atoms with Gasteiger partial charge in [0.05, 0.1) is 0 Å². The average Bonchev–Trinajstić information content (AvgIpc) is 3.44. The summed E-state index contributed by atoms with van der Waals surface area (Å²) in [5, 5.41) is 0. The maximum absolute atomic E-state index is 12.9. The summed E-state index contributed by atoms with van der Waals surface area (Å²) in [6, 6.07) is 0. The number of ether oxygens (including phenoxy) is 1. The molecule has 280 valence electrons. The maximum atomic E-state index is 12.9. The van der Waals surface area contributed by atoms with Crippen LogP contribution in [0.25, 0.3) is 0 Å². The van der Waals surface area contributed by atoms with Gasteiger partial charge in [-0.2, -0.15) is 0 Å². The molecule has 0 N–H and O–H groups in total. The fourth-order valence-corrected chi connectivity index (χ4v) is 12.1. The quantitative estimate of drug-likeness (QED) is 0.0729. The number of fused-ring (bicyclic) bond motifs is 5. The van der Waals surface area contributed by atoms with Gasteiger partial charge < -0.3 is 4.74 Å². The van der Waals surface area contributed by atoms with E-state index in [4.69, 9.17) is 4.74 Å². The monoisotopic (exact) mass is 677 g/mol. The van der Waals surface area contributed by atoms with Crippen molar-refractivity contribution in [2.75, 3.05) is 0 Å². The first kappa shape index (κ1) is 40.5. The van der Waals surface area contributed by atoms with Crippen LogP contribution in [-0.4, -0.2) is 12.1 Å². The first-order chi connectivity index (χ1) is 23.6. The Morgan fingerprint density at radius 3 is 2.14 bits per heavy atom. The number of rotatable bonds is 20. The summed E-state index contributed by atoms with van der Waals surface area (Å²) in [5.41, 5.74) is 1.02. The normalized spacial score (nSPS) is 34.4. The lowest BCUT2D eigenvalue weighted by Gasteiger charge is -2.61. The standard InChI is InChI=1S/C47H80O2/c1-8-10-11-12-13-14-15-16-17-18-19-20-21-22-23-24-45(48)49-40-31-33-46(6)39(35-40)27-28-41-43-30-29-42(47(43,7)34-32-44(41)46)37(5)25-26-38(9-2)36(3)4/h10-11,13-14,16-17,36-44H,8-9,12,15,18-35H2,1-7H3/t37-,38-,39+,40+,41+,42-,43+,44+,46+,47-/m1/s1. The van der Waals surface area contributed by atoms with E-state index in [9.17, 15) is 4.79 Å². The number of carbonyl (C=O) groups is 1. The SMILES string of the molecule is CCC=CCC=CCC=CCCCCCCCC(=O)O[C@H]1CC[C@@]2(C)[C@@H](CC[C@@H]3[C@@H]2CC[C@]2(C)[C@@H]([C@H](C)CC[C@@H](CC)C(C)C)CC[C@@H]32)C1. The molecule has 0 spiro atoms. The molecule has 0 aromatic carbocycles. The van der Waals surface area contributed by atoms with Gasteiger partial charge in [-0.3, -0.25) is 4.79 Å². The van der Waals surface area contributed by atoms with Gasteiger partial charge in [0.25, 0.3) is 0 Å². The lowest BCUT2D eigenvalue weighted by Crippen LogP contribution is -2.54. The van der Waals surface area contributed by atoms with E-state index in [1.54, 1.807) is 0 Å². The molecule has 49 heavy (non-hydrogen) atoms. The van der Waals surface area contributed by atoms with Crippen LogP contribution in [0.3, 0.4) is 0 Å². The predicted molar refractivity (Wildman–Crippen MR) is 211 cm³/mol. The molecule has 4 fully saturated rings. The lowest BCUT2D eigenvalue weighted by molar-refractivity contribution is -0.162. The molecule has 0 unspecified atom stereocenters. The van der Waals surface area contributed by atoms with Gasteiger partial charge in [0, 0.05) is 6.42 Å². The zero-order chi connectivity index (χ0) is 35.3. The van der Waals surface area contributed by atoms with E-state index >= 15 is 0 Å². The summed E-state index contributed by atoms with van der Waals surface area (Å²) < 4.78 is 6.17. The van der Waals surface area contributed by atoms with Gasteiger partial charge in [0.15, 0.2) is 0 Å². The molecule has 2 heteroatoms. The summed E-state index contributed by atoms with van der Waals surface area (Å²) in [6.07, 6.45) is 41.0. The fourth-order valence-electron chi connectivity index (χ4n) is 12.1. The van der Waals surface area contributed by atoms with Crippen molar-refractivity contribution in [3.05, 3.63) is 36.5 Å². The average molecular weight is 677 g/mol. The van der Waals surface area contributed by atoms with Crippen molar-refractivity contribution in [3.63, 3.8) is 0 Å². The van der Waals surface area contributed by atoms with E-state index in [1.807, 2.05) is 0 Å². The molecule has 4 saturated carbocycles. The Bertz CT molecular complexity index is 1050. The van der Waals surface area contributed by atoms with Crippen LogP contribution < -0.4 is 0 Å². The smallest absolute Gasteiger partial charge is 0.306 e. The Morgan fingerprint density at radius 2 is 1.41 bits per heavy atom.